The zero-order valence-corrected chi connectivity index (χ0v) is 11.7. The molecule has 0 aromatic heterocycles. The average molecular weight is 308 g/mol. The number of hydrogen-bond donors (Lipinski definition) is 1. The molecule has 0 aliphatic rings. The van der Waals surface area contributed by atoms with Gasteiger partial charge in [-0.2, -0.15) is 0 Å². The van der Waals surface area contributed by atoms with Crippen LogP contribution in [0.4, 0.5) is 4.39 Å². The van der Waals surface area contributed by atoms with Gasteiger partial charge in [0.05, 0.1) is 0 Å². The Bertz CT molecular complexity index is 513. The molecule has 1 N–H and O–H groups in total. The summed E-state index contributed by atoms with van der Waals surface area (Å²) >= 11 is 3.27. The van der Waals surface area contributed by atoms with Gasteiger partial charge in [0.15, 0.2) is 0 Å². The van der Waals surface area contributed by atoms with Crippen LogP contribution in [0.25, 0.3) is 0 Å². The summed E-state index contributed by atoms with van der Waals surface area (Å²) in [6, 6.07) is 15.4. The Labute approximate surface area is 115 Å². The quantitative estimate of drug-likeness (QED) is 0.897. The van der Waals surface area contributed by atoms with E-state index in [-0.39, 0.29) is 11.9 Å². The van der Waals surface area contributed by atoms with E-state index < -0.39 is 0 Å². The van der Waals surface area contributed by atoms with Crippen molar-refractivity contribution in [3.8, 4) is 0 Å². The van der Waals surface area contributed by atoms with Crippen LogP contribution >= 0.6 is 15.9 Å². The molecule has 3 heteroatoms. The normalized spacial score (nSPS) is 12.4. The van der Waals surface area contributed by atoms with Crippen molar-refractivity contribution < 1.29 is 4.39 Å². The number of benzene rings is 2. The fourth-order valence-corrected chi connectivity index (χ4v) is 2.31. The van der Waals surface area contributed by atoms with Gasteiger partial charge in [0.25, 0.3) is 0 Å². The minimum Gasteiger partial charge on any atom is -0.313 e. The number of likely N-dealkylation sites (N-methyl/N-ethyl adjacent to an activating group) is 1. The predicted molar refractivity (Wildman–Crippen MR) is 76.0 cm³/mol. The Kier molecular flexibility index (Phi) is 4.50. The zero-order chi connectivity index (χ0) is 13.0. The molecule has 0 saturated heterocycles. The Balaban J connectivity index is 2.21. The van der Waals surface area contributed by atoms with Crippen LogP contribution in [0.2, 0.25) is 0 Å². The molecule has 2 rings (SSSR count). The molecule has 0 amide bonds. The van der Waals surface area contributed by atoms with E-state index >= 15 is 0 Å². The van der Waals surface area contributed by atoms with Gasteiger partial charge >= 0.3 is 0 Å². The first-order chi connectivity index (χ1) is 8.70. The van der Waals surface area contributed by atoms with Crippen molar-refractivity contribution in [1.82, 2.24) is 5.32 Å². The summed E-state index contributed by atoms with van der Waals surface area (Å²) in [6.07, 6.45) is 0.639. The highest BCUT2D eigenvalue weighted by molar-refractivity contribution is 9.10. The van der Waals surface area contributed by atoms with E-state index in [0.717, 1.165) is 10.0 Å². The van der Waals surface area contributed by atoms with Crippen LogP contribution in [0.15, 0.2) is 53.0 Å². The van der Waals surface area contributed by atoms with Gasteiger partial charge in [-0.05, 0) is 36.7 Å². The van der Waals surface area contributed by atoms with E-state index in [1.54, 1.807) is 0 Å². The van der Waals surface area contributed by atoms with E-state index in [4.69, 9.17) is 0 Å². The molecule has 1 atom stereocenters. The molecule has 0 bridgehead atoms. The zero-order valence-electron chi connectivity index (χ0n) is 10.2. The standard InChI is InChI=1S/C15H15BrFN/c1-18-15(11-5-3-2-4-6-11)9-12-7-8-13(16)10-14(12)17/h2-8,10,15,18H,9H2,1H3. The molecule has 0 aliphatic heterocycles. The second-order valence-electron chi connectivity index (χ2n) is 4.19. The lowest BCUT2D eigenvalue weighted by molar-refractivity contribution is 0.554. The predicted octanol–water partition coefficient (Wildman–Crippen LogP) is 4.09. The van der Waals surface area contributed by atoms with Crippen molar-refractivity contribution in [3.63, 3.8) is 0 Å². The Morgan fingerprint density at radius 1 is 1.17 bits per heavy atom. The summed E-state index contributed by atoms with van der Waals surface area (Å²) in [5.74, 6) is -0.166. The number of nitrogens with one attached hydrogen (secondary N) is 1. The van der Waals surface area contributed by atoms with Crippen LogP contribution in [0.1, 0.15) is 17.2 Å². The number of rotatable bonds is 4. The molecule has 1 nitrogen and oxygen atoms in total. The van der Waals surface area contributed by atoms with Gasteiger partial charge in [-0.1, -0.05) is 52.3 Å². The highest BCUT2D eigenvalue weighted by Crippen LogP contribution is 2.22. The molecule has 0 heterocycles. The summed E-state index contributed by atoms with van der Waals surface area (Å²) in [6.45, 7) is 0. The second kappa shape index (κ2) is 6.12. The molecular weight excluding hydrogens is 293 g/mol. The Morgan fingerprint density at radius 2 is 1.89 bits per heavy atom. The van der Waals surface area contributed by atoms with Crippen LogP contribution < -0.4 is 5.32 Å². The summed E-state index contributed by atoms with van der Waals surface area (Å²) in [5, 5.41) is 3.23. The third-order valence-corrected chi connectivity index (χ3v) is 3.48. The van der Waals surface area contributed by atoms with Crippen molar-refractivity contribution in [3.05, 3.63) is 69.9 Å². The van der Waals surface area contributed by atoms with Gasteiger partial charge in [0.1, 0.15) is 5.82 Å². The van der Waals surface area contributed by atoms with E-state index in [1.165, 1.54) is 11.6 Å². The Morgan fingerprint density at radius 3 is 2.50 bits per heavy atom. The lowest BCUT2D eigenvalue weighted by atomic mass is 9.99. The molecule has 2 aromatic carbocycles. The van der Waals surface area contributed by atoms with Gasteiger partial charge in [0, 0.05) is 10.5 Å². The second-order valence-corrected chi connectivity index (χ2v) is 5.11. The number of hydrogen-bond acceptors (Lipinski definition) is 1. The molecule has 0 fully saturated rings. The molecule has 2 aromatic rings. The maximum absolute atomic E-state index is 13.8. The molecule has 0 aliphatic carbocycles. The molecule has 1 unspecified atom stereocenters. The number of halogens is 2. The van der Waals surface area contributed by atoms with Crippen molar-refractivity contribution >= 4 is 15.9 Å². The maximum Gasteiger partial charge on any atom is 0.127 e. The minimum absolute atomic E-state index is 0.127. The van der Waals surface area contributed by atoms with Gasteiger partial charge in [-0.3, -0.25) is 0 Å². The van der Waals surface area contributed by atoms with Gasteiger partial charge in [-0.15, -0.1) is 0 Å². The molecule has 94 valence electrons. The van der Waals surface area contributed by atoms with Crippen molar-refractivity contribution in [2.24, 2.45) is 0 Å². The SMILES string of the molecule is CNC(Cc1ccc(Br)cc1F)c1ccccc1. The third kappa shape index (κ3) is 3.18. The molecule has 18 heavy (non-hydrogen) atoms. The van der Waals surface area contributed by atoms with Crippen LogP contribution in [0.5, 0.6) is 0 Å². The first-order valence-corrected chi connectivity index (χ1v) is 6.66. The summed E-state index contributed by atoms with van der Waals surface area (Å²) < 4.78 is 14.6. The highest BCUT2D eigenvalue weighted by Gasteiger charge is 2.12. The fraction of sp³-hybridized carbons (Fsp3) is 0.200. The summed E-state index contributed by atoms with van der Waals surface area (Å²) in [5.41, 5.74) is 1.89. The molecular formula is C15H15BrFN. The van der Waals surface area contributed by atoms with E-state index in [0.29, 0.717) is 6.42 Å². The minimum atomic E-state index is -0.166. The Hall–Kier alpha value is -1.19. The first kappa shape index (κ1) is 13.2. The van der Waals surface area contributed by atoms with Crippen LogP contribution in [0.3, 0.4) is 0 Å². The topological polar surface area (TPSA) is 12.0 Å². The van der Waals surface area contributed by atoms with Crippen LogP contribution in [0, 0.1) is 5.82 Å². The van der Waals surface area contributed by atoms with Crippen LogP contribution in [-0.2, 0) is 6.42 Å². The smallest absolute Gasteiger partial charge is 0.127 e. The lowest BCUT2D eigenvalue weighted by Crippen LogP contribution is -2.19. The lowest BCUT2D eigenvalue weighted by Gasteiger charge is -2.17. The largest absolute Gasteiger partial charge is 0.313 e. The highest BCUT2D eigenvalue weighted by atomic mass is 79.9. The van der Waals surface area contributed by atoms with Gasteiger partial charge in [0.2, 0.25) is 0 Å². The van der Waals surface area contributed by atoms with Crippen molar-refractivity contribution in [1.29, 1.82) is 0 Å². The van der Waals surface area contributed by atoms with Crippen LogP contribution in [-0.4, -0.2) is 7.05 Å². The van der Waals surface area contributed by atoms with Gasteiger partial charge < -0.3 is 5.32 Å². The fourth-order valence-electron chi connectivity index (χ4n) is 1.98. The van der Waals surface area contributed by atoms with E-state index in [9.17, 15) is 4.39 Å². The third-order valence-electron chi connectivity index (χ3n) is 2.99. The van der Waals surface area contributed by atoms with Gasteiger partial charge in [-0.25, -0.2) is 4.39 Å². The average Bonchev–Trinajstić information content (AvgIpc) is 2.39. The van der Waals surface area contributed by atoms with Crippen molar-refractivity contribution in [2.45, 2.75) is 12.5 Å². The molecule has 0 spiro atoms. The monoisotopic (exact) mass is 307 g/mol. The molecule has 0 saturated carbocycles. The first-order valence-electron chi connectivity index (χ1n) is 5.87. The summed E-state index contributed by atoms with van der Waals surface area (Å²) in [4.78, 5) is 0. The summed E-state index contributed by atoms with van der Waals surface area (Å²) in [7, 11) is 1.90. The molecule has 0 radical (unpaired) electrons. The van der Waals surface area contributed by atoms with Crippen molar-refractivity contribution in [2.75, 3.05) is 7.05 Å². The maximum atomic E-state index is 13.8. The van der Waals surface area contributed by atoms with E-state index in [1.807, 2.05) is 37.4 Å². The van der Waals surface area contributed by atoms with E-state index in [2.05, 4.69) is 33.4 Å².